The van der Waals surface area contributed by atoms with Gasteiger partial charge in [-0.1, -0.05) is 18.2 Å². The highest BCUT2D eigenvalue weighted by Gasteiger charge is 2.43. The van der Waals surface area contributed by atoms with Crippen molar-refractivity contribution in [2.75, 3.05) is 13.2 Å². The number of carboxylic acids is 1. The molecule has 0 saturated carbocycles. The fourth-order valence-electron chi connectivity index (χ4n) is 3.27. The van der Waals surface area contributed by atoms with Crippen LogP contribution in [0.1, 0.15) is 12.8 Å². The van der Waals surface area contributed by atoms with Crippen molar-refractivity contribution in [2.45, 2.75) is 23.3 Å². The monoisotopic (exact) mass is 375 g/mol. The van der Waals surface area contributed by atoms with Gasteiger partial charge in [0, 0.05) is 42.9 Å². The SMILES string of the molecule is O=C(O)C1(NS(=O)(=O)c2ccc3c(c2)oc2ccccc23)CCOCC1. The predicted molar refractivity (Wildman–Crippen MR) is 94.5 cm³/mol. The molecule has 7 nitrogen and oxygen atoms in total. The lowest BCUT2D eigenvalue weighted by atomic mass is 9.92. The Bertz CT molecular complexity index is 1100. The summed E-state index contributed by atoms with van der Waals surface area (Å²) in [4.78, 5) is 11.7. The highest BCUT2D eigenvalue weighted by Crippen LogP contribution is 2.31. The molecule has 8 heteroatoms. The van der Waals surface area contributed by atoms with Gasteiger partial charge in [0.25, 0.3) is 0 Å². The third-order valence-corrected chi connectivity index (χ3v) is 6.28. The molecule has 0 amide bonds. The number of rotatable bonds is 4. The van der Waals surface area contributed by atoms with Crippen molar-refractivity contribution in [1.29, 1.82) is 0 Å². The number of nitrogens with one attached hydrogen (secondary N) is 1. The summed E-state index contributed by atoms with van der Waals surface area (Å²) in [5.41, 5.74) is -0.457. The first kappa shape index (κ1) is 17.0. The summed E-state index contributed by atoms with van der Waals surface area (Å²) in [5.74, 6) is -1.20. The van der Waals surface area contributed by atoms with Crippen molar-refractivity contribution < 1.29 is 27.5 Å². The van der Waals surface area contributed by atoms with E-state index in [1.165, 1.54) is 12.1 Å². The smallest absolute Gasteiger partial charge is 0.325 e. The molecule has 1 saturated heterocycles. The Kier molecular flexibility index (Phi) is 3.98. The Morgan fingerprint density at radius 1 is 1.04 bits per heavy atom. The van der Waals surface area contributed by atoms with E-state index >= 15 is 0 Å². The molecule has 0 atom stereocenters. The van der Waals surface area contributed by atoms with E-state index in [2.05, 4.69) is 4.72 Å². The van der Waals surface area contributed by atoms with Gasteiger partial charge in [-0.05, 0) is 18.2 Å². The van der Waals surface area contributed by atoms with Crippen LogP contribution in [0.15, 0.2) is 51.8 Å². The van der Waals surface area contributed by atoms with E-state index in [9.17, 15) is 18.3 Å². The number of carbonyl (C=O) groups is 1. The molecular weight excluding hydrogens is 358 g/mol. The molecule has 0 aliphatic carbocycles. The summed E-state index contributed by atoms with van der Waals surface area (Å²) in [6, 6.07) is 12.0. The van der Waals surface area contributed by atoms with Crippen molar-refractivity contribution in [1.82, 2.24) is 4.72 Å². The van der Waals surface area contributed by atoms with Gasteiger partial charge in [0.15, 0.2) is 0 Å². The minimum Gasteiger partial charge on any atom is -0.480 e. The maximum absolute atomic E-state index is 12.8. The Labute approximate surface area is 149 Å². The van der Waals surface area contributed by atoms with E-state index in [4.69, 9.17) is 9.15 Å². The average Bonchev–Trinajstić information content (AvgIpc) is 3.00. The van der Waals surface area contributed by atoms with E-state index in [-0.39, 0.29) is 31.0 Å². The number of hydrogen-bond donors (Lipinski definition) is 2. The van der Waals surface area contributed by atoms with Gasteiger partial charge >= 0.3 is 5.97 Å². The van der Waals surface area contributed by atoms with Gasteiger partial charge in [0.05, 0.1) is 4.90 Å². The fourth-order valence-corrected chi connectivity index (χ4v) is 4.70. The van der Waals surface area contributed by atoms with Gasteiger partial charge in [-0.25, -0.2) is 8.42 Å². The first-order valence-corrected chi connectivity index (χ1v) is 9.66. The number of carboxylic acid groups (broad SMARTS) is 1. The van der Waals surface area contributed by atoms with Gasteiger partial charge in [-0.2, -0.15) is 4.72 Å². The van der Waals surface area contributed by atoms with Crippen LogP contribution in [0.4, 0.5) is 0 Å². The van der Waals surface area contributed by atoms with Crippen LogP contribution in [0, 0.1) is 0 Å². The number of sulfonamides is 1. The average molecular weight is 375 g/mol. The van der Waals surface area contributed by atoms with E-state index in [0.717, 1.165) is 10.8 Å². The van der Waals surface area contributed by atoms with Crippen molar-refractivity contribution in [3.63, 3.8) is 0 Å². The Balaban J connectivity index is 1.75. The molecular formula is C18H17NO6S. The lowest BCUT2D eigenvalue weighted by Crippen LogP contribution is -2.57. The van der Waals surface area contributed by atoms with Crippen LogP contribution in [-0.2, 0) is 19.6 Å². The lowest BCUT2D eigenvalue weighted by Gasteiger charge is -2.33. The summed E-state index contributed by atoms with van der Waals surface area (Å²) >= 11 is 0. The molecule has 136 valence electrons. The molecule has 3 aromatic rings. The summed E-state index contributed by atoms with van der Waals surface area (Å²) in [5, 5.41) is 11.3. The number of aliphatic carboxylic acids is 1. The molecule has 1 aliphatic heterocycles. The van der Waals surface area contributed by atoms with Crippen molar-refractivity contribution >= 4 is 37.9 Å². The number of hydrogen-bond acceptors (Lipinski definition) is 5. The molecule has 4 rings (SSSR count). The normalized spacial score (nSPS) is 17.5. The second-order valence-corrected chi connectivity index (χ2v) is 8.04. The minimum atomic E-state index is -4.04. The summed E-state index contributed by atoms with van der Waals surface area (Å²) in [6.45, 7) is 0.384. The highest BCUT2D eigenvalue weighted by molar-refractivity contribution is 7.89. The van der Waals surface area contributed by atoms with Gasteiger partial charge in [0.2, 0.25) is 10.0 Å². The van der Waals surface area contributed by atoms with Gasteiger partial charge in [-0.15, -0.1) is 0 Å². The fraction of sp³-hybridized carbons (Fsp3) is 0.278. The Hall–Kier alpha value is -2.42. The van der Waals surface area contributed by atoms with E-state index in [0.29, 0.717) is 11.2 Å². The van der Waals surface area contributed by atoms with Crippen LogP contribution >= 0.6 is 0 Å². The van der Waals surface area contributed by atoms with Crippen LogP contribution in [0.3, 0.4) is 0 Å². The molecule has 2 N–H and O–H groups in total. The van der Waals surface area contributed by atoms with E-state index < -0.39 is 21.5 Å². The van der Waals surface area contributed by atoms with Crippen LogP contribution in [0.2, 0.25) is 0 Å². The summed E-state index contributed by atoms with van der Waals surface area (Å²) < 4.78 is 38.9. The molecule has 2 aromatic carbocycles. The zero-order valence-electron chi connectivity index (χ0n) is 13.8. The zero-order valence-corrected chi connectivity index (χ0v) is 14.6. The van der Waals surface area contributed by atoms with E-state index in [1.807, 2.05) is 24.3 Å². The molecule has 0 unspecified atom stereocenters. The lowest BCUT2D eigenvalue weighted by molar-refractivity contribution is -0.147. The Morgan fingerprint density at radius 3 is 2.46 bits per heavy atom. The van der Waals surface area contributed by atoms with Crippen molar-refractivity contribution in [3.05, 3.63) is 42.5 Å². The topological polar surface area (TPSA) is 106 Å². The Morgan fingerprint density at radius 2 is 1.73 bits per heavy atom. The van der Waals surface area contributed by atoms with E-state index in [1.54, 1.807) is 6.07 Å². The highest BCUT2D eigenvalue weighted by atomic mass is 32.2. The molecule has 1 aromatic heterocycles. The quantitative estimate of drug-likeness (QED) is 0.726. The third-order valence-electron chi connectivity index (χ3n) is 4.75. The molecule has 1 fully saturated rings. The largest absolute Gasteiger partial charge is 0.480 e. The maximum Gasteiger partial charge on any atom is 0.325 e. The van der Waals surface area contributed by atoms with Crippen LogP contribution in [0.25, 0.3) is 21.9 Å². The number of ether oxygens (including phenoxy) is 1. The molecule has 26 heavy (non-hydrogen) atoms. The number of para-hydroxylation sites is 1. The second kappa shape index (κ2) is 6.08. The van der Waals surface area contributed by atoms with Gasteiger partial charge in [-0.3, -0.25) is 4.79 Å². The summed E-state index contributed by atoms with van der Waals surface area (Å²) in [7, 11) is -4.04. The molecule has 0 spiro atoms. The number of benzene rings is 2. The molecule has 1 aliphatic rings. The number of fused-ring (bicyclic) bond motifs is 3. The molecule has 2 heterocycles. The predicted octanol–water partition coefficient (Wildman–Crippen LogP) is 2.50. The zero-order chi connectivity index (χ0) is 18.4. The third kappa shape index (κ3) is 2.76. The van der Waals surface area contributed by atoms with Crippen LogP contribution < -0.4 is 4.72 Å². The maximum atomic E-state index is 12.8. The van der Waals surface area contributed by atoms with Gasteiger partial charge < -0.3 is 14.3 Å². The molecule has 0 bridgehead atoms. The van der Waals surface area contributed by atoms with Crippen molar-refractivity contribution in [2.24, 2.45) is 0 Å². The van der Waals surface area contributed by atoms with Crippen LogP contribution in [0.5, 0.6) is 0 Å². The first-order valence-electron chi connectivity index (χ1n) is 8.18. The van der Waals surface area contributed by atoms with Crippen LogP contribution in [-0.4, -0.2) is 38.2 Å². The number of furan rings is 1. The standard InChI is InChI=1S/C18H17NO6S/c20-17(21)18(7-9-24-10-8-18)19-26(22,23)12-5-6-14-13-3-1-2-4-15(13)25-16(14)11-12/h1-6,11,19H,7-10H2,(H,20,21). The van der Waals surface area contributed by atoms with Gasteiger partial charge in [0.1, 0.15) is 16.7 Å². The first-order chi connectivity index (χ1) is 12.4. The van der Waals surface area contributed by atoms with Crippen molar-refractivity contribution in [3.8, 4) is 0 Å². The molecule has 0 radical (unpaired) electrons. The summed E-state index contributed by atoms with van der Waals surface area (Å²) in [6.07, 6.45) is 0.156. The minimum absolute atomic E-state index is 0.0313. The second-order valence-electron chi connectivity index (χ2n) is 6.36.